The molecule has 0 aromatic carbocycles. The van der Waals surface area contributed by atoms with Gasteiger partial charge in [0.05, 0.1) is 0 Å². The van der Waals surface area contributed by atoms with Crippen molar-refractivity contribution in [2.24, 2.45) is 0 Å². The number of hydrogen-bond donors (Lipinski definition) is 0. The molecule has 0 aromatic heterocycles. The third kappa shape index (κ3) is 1.62. The van der Waals surface area contributed by atoms with Gasteiger partial charge in [-0.1, -0.05) is 0 Å². The normalized spacial score (nSPS) is 17.4. The molecule has 0 bridgehead atoms. The Morgan fingerprint density at radius 3 is 3.12 bits per heavy atom. The van der Waals surface area contributed by atoms with Gasteiger partial charge in [0.1, 0.15) is 0 Å². The Labute approximate surface area is 60.9 Å². The van der Waals surface area contributed by atoms with E-state index in [-0.39, 0.29) is 0 Å². The first-order valence-electron chi connectivity index (χ1n) is 2.72. The van der Waals surface area contributed by atoms with Gasteiger partial charge < -0.3 is 0 Å². The molecule has 0 heterocycles. The fourth-order valence-electron chi connectivity index (χ4n) is 0.762. The molecule has 0 aliphatic heterocycles. The summed E-state index contributed by atoms with van der Waals surface area (Å²) in [5.41, 5.74) is 1.64. The Kier molecular flexibility index (Phi) is 2.59. The molecule has 1 aliphatic rings. The average Bonchev–Trinajstić information content (AvgIpc) is 2.19. The van der Waals surface area contributed by atoms with Crippen molar-refractivity contribution in [2.45, 2.75) is 6.42 Å². The molecule has 8 heavy (non-hydrogen) atoms. The molecule has 0 atom stereocenters. The van der Waals surface area contributed by atoms with Crippen LogP contribution in [0.2, 0.25) is 0 Å². The fourth-order valence-corrected chi connectivity index (χ4v) is 2.31. The molecule has 46 valence electrons. The van der Waals surface area contributed by atoms with E-state index < -0.39 is 0 Å². The Balaban J connectivity index is 2.28. The molecular weight excluding hydrogens is 211 g/mol. The zero-order chi connectivity index (χ0) is 5.82. The van der Waals surface area contributed by atoms with Crippen LogP contribution in [0.3, 0.4) is 0 Å². The summed E-state index contributed by atoms with van der Waals surface area (Å²) in [7, 11) is 0. The molecule has 0 amide bonds. The first-order valence-corrected chi connectivity index (χ1v) is 6.40. The summed E-state index contributed by atoms with van der Waals surface area (Å²) in [6.45, 7) is 0. The topological polar surface area (TPSA) is 0 Å². The molecule has 0 nitrogen and oxygen atoms in total. The van der Waals surface area contributed by atoms with Crippen molar-refractivity contribution in [3.05, 3.63) is 23.8 Å². The van der Waals surface area contributed by atoms with Crippen molar-refractivity contribution in [1.82, 2.24) is 0 Å². The Morgan fingerprint density at radius 2 is 2.62 bits per heavy atom. The second-order valence-corrected chi connectivity index (χ2v) is 4.15. The van der Waals surface area contributed by atoms with Crippen molar-refractivity contribution in [3.63, 3.8) is 0 Å². The van der Waals surface area contributed by atoms with Crippen molar-refractivity contribution >= 4 is 0 Å². The van der Waals surface area contributed by atoms with Gasteiger partial charge in [-0.3, -0.25) is 0 Å². The summed E-state index contributed by atoms with van der Waals surface area (Å²) in [5, 5.41) is 0. The summed E-state index contributed by atoms with van der Waals surface area (Å²) in [4.78, 5) is 2.33. The van der Waals surface area contributed by atoms with Crippen molar-refractivity contribution < 1.29 is 21.2 Å². The van der Waals surface area contributed by atoms with Gasteiger partial charge in [0.15, 0.2) is 0 Å². The number of halogens is 1. The van der Waals surface area contributed by atoms with E-state index >= 15 is 0 Å². The standard InChI is InChI=1S/C7H10I/c1-8-6-7-4-2-3-5-7/h2-4H,5-6H2,1H3/q-1. The van der Waals surface area contributed by atoms with Crippen molar-refractivity contribution in [2.75, 3.05) is 9.36 Å². The van der Waals surface area contributed by atoms with Crippen LogP contribution < -0.4 is 21.2 Å². The maximum atomic E-state index is 2.33. The predicted octanol–water partition coefficient (Wildman–Crippen LogP) is -1.41. The molecule has 1 heteroatoms. The van der Waals surface area contributed by atoms with Crippen LogP contribution in [0, 0.1) is 0 Å². The summed E-state index contributed by atoms with van der Waals surface area (Å²) in [6, 6.07) is 0. The van der Waals surface area contributed by atoms with E-state index in [2.05, 4.69) is 23.2 Å². The second kappa shape index (κ2) is 3.28. The average molecular weight is 221 g/mol. The SMILES string of the molecule is C[I-]CC1=CC=CC1. The van der Waals surface area contributed by atoms with E-state index in [9.17, 15) is 0 Å². The van der Waals surface area contributed by atoms with Gasteiger partial charge in [0, 0.05) is 0 Å². The van der Waals surface area contributed by atoms with Gasteiger partial charge in [-0.25, -0.2) is 0 Å². The molecule has 0 fully saturated rings. The Bertz CT molecular complexity index is 122. The van der Waals surface area contributed by atoms with Gasteiger partial charge >= 0.3 is 60.8 Å². The van der Waals surface area contributed by atoms with E-state index in [1.54, 1.807) is 5.57 Å². The summed E-state index contributed by atoms with van der Waals surface area (Å²) >= 11 is 0.486. The van der Waals surface area contributed by atoms with Gasteiger partial charge in [0.25, 0.3) is 0 Å². The van der Waals surface area contributed by atoms with Gasteiger partial charge in [-0.15, -0.1) is 0 Å². The van der Waals surface area contributed by atoms with E-state index in [4.69, 9.17) is 0 Å². The number of alkyl halides is 2. The minimum absolute atomic E-state index is 0.486. The van der Waals surface area contributed by atoms with Crippen LogP contribution in [0.25, 0.3) is 0 Å². The van der Waals surface area contributed by atoms with Crippen LogP contribution >= 0.6 is 0 Å². The van der Waals surface area contributed by atoms with E-state index in [1.165, 1.54) is 10.8 Å². The maximum absolute atomic E-state index is 2.33. The van der Waals surface area contributed by atoms with E-state index in [0.29, 0.717) is 21.2 Å². The van der Waals surface area contributed by atoms with Crippen LogP contribution in [0.15, 0.2) is 23.8 Å². The molecule has 1 rings (SSSR count). The molecule has 0 radical (unpaired) electrons. The summed E-state index contributed by atoms with van der Waals surface area (Å²) in [6.07, 6.45) is 7.88. The molecule has 0 unspecified atom stereocenters. The van der Waals surface area contributed by atoms with Crippen molar-refractivity contribution in [3.8, 4) is 0 Å². The van der Waals surface area contributed by atoms with Gasteiger partial charge in [-0.05, 0) is 0 Å². The number of allylic oxidation sites excluding steroid dienone is 4. The van der Waals surface area contributed by atoms with Crippen molar-refractivity contribution in [1.29, 1.82) is 0 Å². The molecule has 0 N–H and O–H groups in total. The predicted molar refractivity (Wildman–Crippen MR) is 32.6 cm³/mol. The minimum atomic E-state index is 0.486. The van der Waals surface area contributed by atoms with Crippen LogP contribution in [0.1, 0.15) is 6.42 Å². The van der Waals surface area contributed by atoms with Crippen LogP contribution in [0.5, 0.6) is 0 Å². The van der Waals surface area contributed by atoms with Gasteiger partial charge in [-0.2, -0.15) is 0 Å². The van der Waals surface area contributed by atoms with Crippen LogP contribution in [-0.2, 0) is 0 Å². The molecule has 0 aromatic rings. The first kappa shape index (κ1) is 6.33. The quantitative estimate of drug-likeness (QED) is 0.397. The molecule has 0 saturated carbocycles. The summed E-state index contributed by atoms with van der Waals surface area (Å²) < 4.78 is 1.39. The monoisotopic (exact) mass is 221 g/mol. The Hall–Kier alpha value is 0.210. The fraction of sp³-hybridized carbons (Fsp3) is 0.429. The van der Waals surface area contributed by atoms with E-state index in [0.717, 1.165) is 0 Å². The molecule has 0 spiro atoms. The molecular formula is C7H10I-. The molecule has 1 aliphatic carbocycles. The van der Waals surface area contributed by atoms with Crippen LogP contribution in [-0.4, -0.2) is 9.36 Å². The third-order valence-corrected chi connectivity index (χ3v) is 2.90. The van der Waals surface area contributed by atoms with E-state index in [1.807, 2.05) is 0 Å². The van der Waals surface area contributed by atoms with Crippen LogP contribution in [0.4, 0.5) is 0 Å². The first-order chi connectivity index (χ1) is 3.93. The van der Waals surface area contributed by atoms with Gasteiger partial charge in [0.2, 0.25) is 0 Å². The number of rotatable bonds is 2. The third-order valence-electron chi connectivity index (χ3n) is 1.15. The second-order valence-electron chi connectivity index (χ2n) is 1.86. The zero-order valence-electron chi connectivity index (χ0n) is 5.02. The molecule has 0 saturated heterocycles. The summed E-state index contributed by atoms with van der Waals surface area (Å²) in [5.74, 6) is 0. The Morgan fingerprint density at radius 1 is 1.75 bits per heavy atom. The number of hydrogen-bond acceptors (Lipinski definition) is 0. The zero-order valence-corrected chi connectivity index (χ0v) is 7.18.